The molecule has 0 saturated carbocycles. The molecule has 0 atom stereocenters. The third kappa shape index (κ3) is 8.94. The highest BCUT2D eigenvalue weighted by Crippen LogP contribution is 2.14. The second kappa shape index (κ2) is 14.0. The van der Waals surface area contributed by atoms with Crippen LogP contribution in [0.4, 0.5) is 5.82 Å². The predicted molar refractivity (Wildman–Crippen MR) is 131 cm³/mol. The first-order chi connectivity index (χ1) is 13.1. The van der Waals surface area contributed by atoms with Gasteiger partial charge < -0.3 is 20.4 Å². The number of pyridine rings is 1. The molecule has 1 aliphatic rings. The molecular weight excluding hydrogens is 463 g/mol. The van der Waals surface area contributed by atoms with Crippen molar-refractivity contribution in [1.29, 1.82) is 0 Å². The van der Waals surface area contributed by atoms with Crippen molar-refractivity contribution in [2.45, 2.75) is 46.6 Å². The second-order valence-corrected chi connectivity index (χ2v) is 7.69. The number of piperazine rings is 1. The van der Waals surface area contributed by atoms with Crippen LogP contribution in [0.25, 0.3) is 0 Å². The number of halogens is 1. The van der Waals surface area contributed by atoms with Crippen molar-refractivity contribution in [1.82, 2.24) is 20.5 Å². The number of nitrogens with zero attached hydrogens (tertiary/aromatic N) is 4. The number of guanidine groups is 1. The Kier molecular flexibility index (Phi) is 12.5. The highest BCUT2D eigenvalue weighted by molar-refractivity contribution is 14.0. The smallest absolute Gasteiger partial charge is 0.191 e. The van der Waals surface area contributed by atoms with Gasteiger partial charge in [-0.25, -0.2) is 4.98 Å². The molecule has 0 amide bonds. The molecule has 0 aromatic carbocycles. The van der Waals surface area contributed by atoms with Crippen LogP contribution >= 0.6 is 24.0 Å². The van der Waals surface area contributed by atoms with E-state index in [2.05, 4.69) is 63.3 Å². The number of hydrogen-bond acceptors (Lipinski definition) is 4. The number of likely N-dealkylation sites (N-methyl/N-ethyl adjacent to an activating group) is 1. The third-order valence-corrected chi connectivity index (χ3v) is 5.14. The minimum Gasteiger partial charge on any atom is -0.356 e. The van der Waals surface area contributed by atoms with Gasteiger partial charge in [-0.1, -0.05) is 39.7 Å². The van der Waals surface area contributed by atoms with E-state index in [0.29, 0.717) is 0 Å². The quantitative estimate of drug-likeness (QED) is 0.235. The van der Waals surface area contributed by atoms with Crippen molar-refractivity contribution < 1.29 is 0 Å². The van der Waals surface area contributed by atoms with Gasteiger partial charge in [0.05, 0.1) is 0 Å². The van der Waals surface area contributed by atoms with Gasteiger partial charge in [-0.15, -0.1) is 24.0 Å². The predicted octanol–water partition coefficient (Wildman–Crippen LogP) is 3.33. The van der Waals surface area contributed by atoms with Crippen LogP contribution in [0.15, 0.2) is 23.3 Å². The average Bonchev–Trinajstić information content (AvgIpc) is 2.70. The highest BCUT2D eigenvalue weighted by atomic mass is 127. The van der Waals surface area contributed by atoms with Crippen molar-refractivity contribution in [3.05, 3.63) is 23.9 Å². The Morgan fingerprint density at radius 2 is 1.89 bits per heavy atom. The molecule has 1 aromatic heterocycles. The van der Waals surface area contributed by atoms with Crippen LogP contribution in [0, 0.1) is 5.92 Å². The molecule has 0 unspecified atom stereocenters. The zero-order valence-corrected chi connectivity index (χ0v) is 20.4. The number of rotatable bonds is 9. The fraction of sp³-hybridized carbons (Fsp3) is 0.714. The molecular formula is C21H39IN6. The minimum absolute atomic E-state index is 0. The van der Waals surface area contributed by atoms with E-state index in [1.165, 1.54) is 24.8 Å². The summed E-state index contributed by atoms with van der Waals surface area (Å²) < 4.78 is 0. The molecule has 2 heterocycles. The van der Waals surface area contributed by atoms with E-state index >= 15 is 0 Å². The highest BCUT2D eigenvalue weighted by Gasteiger charge is 2.16. The molecule has 160 valence electrons. The Balaban J connectivity index is 0.00000392. The Morgan fingerprint density at radius 3 is 2.46 bits per heavy atom. The monoisotopic (exact) mass is 502 g/mol. The van der Waals surface area contributed by atoms with Gasteiger partial charge in [0.25, 0.3) is 0 Å². The van der Waals surface area contributed by atoms with Gasteiger partial charge in [0, 0.05) is 52.5 Å². The van der Waals surface area contributed by atoms with E-state index in [0.717, 1.165) is 63.5 Å². The lowest BCUT2D eigenvalue weighted by atomic mass is 10.1. The lowest BCUT2D eigenvalue weighted by Crippen LogP contribution is -2.46. The number of hydrogen-bond donors (Lipinski definition) is 2. The number of nitrogens with one attached hydrogen (secondary N) is 2. The van der Waals surface area contributed by atoms with E-state index in [1.807, 2.05) is 13.2 Å². The van der Waals surface area contributed by atoms with Gasteiger partial charge in [0.1, 0.15) is 5.82 Å². The van der Waals surface area contributed by atoms with Crippen molar-refractivity contribution in [3.63, 3.8) is 0 Å². The molecule has 1 saturated heterocycles. The topological polar surface area (TPSA) is 55.8 Å². The Bertz CT molecular complexity index is 553. The number of aromatic nitrogens is 1. The Labute approximate surface area is 188 Å². The first-order valence-electron chi connectivity index (χ1n) is 10.5. The molecule has 1 aromatic rings. The summed E-state index contributed by atoms with van der Waals surface area (Å²) in [5.41, 5.74) is 1.17. The summed E-state index contributed by atoms with van der Waals surface area (Å²) in [6.45, 7) is 14.0. The third-order valence-electron chi connectivity index (χ3n) is 5.14. The van der Waals surface area contributed by atoms with Gasteiger partial charge in [0.15, 0.2) is 5.96 Å². The molecule has 7 heteroatoms. The van der Waals surface area contributed by atoms with Crippen LogP contribution in [0.5, 0.6) is 0 Å². The fourth-order valence-corrected chi connectivity index (χ4v) is 3.29. The molecule has 0 bridgehead atoms. The van der Waals surface area contributed by atoms with Crippen molar-refractivity contribution in [2.24, 2.45) is 10.9 Å². The first-order valence-corrected chi connectivity index (χ1v) is 10.5. The van der Waals surface area contributed by atoms with Gasteiger partial charge in [0.2, 0.25) is 0 Å². The van der Waals surface area contributed by atoms with E-state index in [4.69, 9.17) is 0 Å². The molecule has 0 spiro atoms. The Hall–Kier alpha value is -1.09. The van der Waals surface area contributed by atoms with Crippen LogP contribution in [0.3, 0.4) is 0 Å². The summed E-state index contributed by atoms with van der Waals surface area (Å²) in [5.74, 6) is 2.73. The van der Waals surface area contributed by atoms with Crippen molar-refractivity contribution in [3.8, 4) is 0 Å². The van der Waals surface area contributed by atoms with Crippen LogP contribution < -0.4 is 15.5 Å². The zero-order chi connectivity index (χ0) is 19.5. The van der Waals surface area contributed by atoms with Crippen LogP contribution in [-0.2, 0) is 6.54 Å². The van der Waals surface area contributed by atoms with Crippen LogP contribution in [-0.4, -0.2) is 62.2 Å². The fourth-order valence-electron chi connectivity index (χ4n) is 3.29. The summed E-state index contributed by atoms with van der Waals surface area (Å²) in [4.78, 5) is 13.8. The summed E-state index contributed by atoms with van der Waals surface area (Å²) >= 11 is 0. The van der Waals surface area contributed by atoms with E-state index < -0.39 is 0 Å². The average molecular weight is 502 g/mol. The first kappa shape index (κ1) is 24.9. The SMILES string of the molecule is CCN1CCN(c2ccc(CNC(=NC)NCCCCC(C)C)cn2)CC1.I. The molecule has 0 aliphatic carbocycles. The second-order valence-electron chi connectivity index (χ2n) is 7.69. The lowest BCUT2D eigenvalue weighted by Gasteiger charge is -2.34. The molecule has 6 nitrogen and oxygen atoms in total. The summed E-state index contributed by atoms with van der Waals surface area (Å²) in [6, 6.07) is 4.30. The van der Waals surface area contributed by atoms with E-state index in [9.17, 15) is 0 Å². The maximum absolute atomic E-state index is 4.67. The maximum Gasteiger partial charge on any atom is 0.191 e. The standard InChI is InChI=1S/C21H38N6.HI/c1-5-26-12-14-27(15-13-26)20-10-9-19(16-24-20)17-25-21(22-4)23-11-7-6-8-18(2)3;/h9-10,16,18H,5-8,11-15,17H2,1-4H3,(H2,22,23,25);1H. The summed E-state index contributed by atoms with van der Waals surface area (Å²) in [7, 11) is 1.82. The molecule has 28 heavy (non-hydrogen) atoms. The molecule has 1 fully saturated rings. The molecule has 1 aliphatic heterocycles. The molecule has 2 N–H and O–H groups in total. The number of anilines is 1. The molecule has 0 radical (unpaired) electrons. The van der Waals surface area contributed by atoms with Crippen LogP contribution in [0.1, 0.15) is 45.6 Å². The molecule has 2 rings (SSSR count). The van der Waals surface area contributed by atoms with E-state index in [-0.39, 0.29) is 24.0 Å². The number of aliphatic imine (C=N–C) groups is 1. The van der Waals surface area contributed by atoms with Gasteiger partial charge in [-0.3, -0.25) is 4.99 Å². The van der Waals surface area contributed by atoms with Crippen molar-refractivity contribution in [2.75, 3.05) is 51.2 Å². The van der Waals surface area contributed by atoms with Crippen molar-refractivity contribution >= 4 is 35.8 Å². The number of unbranched alkanes of at least 4 members (excludes halogenated alkanes) is 1. The van der Waals surface area contributed by atoms with Gasteiger partial charge >= 0.3 is 0 Å². The Morgan fingerprint density at radius 1 is 1.14 bits per heavy atom. The largest absolute Gasteiger partial charge is 0.356 e. The minimum atomic E-state index is 0. The normalized spacial score (nSPS) is 15.5. The van der Waals surface area contributed by atoms with Crippen LogP contribution in [0.2, 0.25) is 0 Å². The zero-order valence-electron chi connectivity index (χ0n) is 18.1. The lowest BCUT2D eigenvalue weighted by molar-refractivity contribution is 0.270. The maximum atomic E-state index is 4.67. The van der Waals surface area contributed by atoms with Gasteiger partial charge in [-0.2, -0.15) is 0 Å². The summed E-state index contributed by atoms with van der Waals surface area (Å²) in [5, 5.41) is 6.77. The van der Waals surface area contributed by atoms with Gasteiger partial charge in [-0.05, 0) is 30.5 Å². The van der Waals surface area contributed by atoms with E-state index in [1.54, 1.807) is 0 Å². The summed E-state index contributed by atoms with van der Waals surface area (Å²) in [6.07, 6.45) is 5.71.